The smallest absolute Gasteiger partial charge is 0.379 e. The summed E-state index contributed by atoms with van der Waals surface area (Å²) >= 11 is 12.0. The first-order chi connectivity index (χ1) is 17.6. The standard InChI is InChI=1S/C24H28Cl2F3N5O3/c1-13-20(22(35)34-8-5-14(6-9-34)30-18-7-10-37-12-19(18)36-2)32-23(24(27,28)29)33-21(13)31-15-3-4-16(25)17(26)11-15/h3-4,11,14,18-19,30H,5-10,12H2,1-2H3,(H,31,32,33). The number of hydrogen-bond donors (Lipinski definition) is 2. The van der Waals surface area contributed by atoms with Gasteiger partial charge >= 0.3 is 6.18 Å². The lowest BCUT2D eigenvalue weighted by Crippen LogP contribution is -2.54. The summed E-state index contributed by atoms with van der Waals surface area (Å²) in [6.07, 6.45) is -2.74. The molecular formula is C24H28Cl2F3N5O3. The first-order valence-corrected chi connectivity index (χ1v) is 12.7. The molecule has 1 aromatic heterocycles. The van der Waals surface area contributed by atoms with Crippen LogP contribution in [0, 0.1) is 6.92 Å². The molecule has 2 saturated heterocycles. The molecule has 1 amide bonds. The zero-order chi connectivity index (χ0) is 26.7. The molecule has 0 bridgehead atoms. The van der Waals surface area contributed by atoms with Gasteiger partial charge in [0.05, 0.1) is 22.8 Å². The molecule has 2 unspecified atom stereocenters. The molecule has 3 heterocycles. The number of benzene rings is 1. The Morgan fingerprint density at radius 3 is 2.54 bits per heavy atom. The van der Waals surface area contributed by atoms with Crippen molar-refractivity contribution in [2.24, 2.45) is 0 Å². The van der Waals surface area contributed by atoms with Crippen molar-refractivity contribution in [2.75, 3.05) is 38.7 Å². The molecule has 37 heavy (non-hydrogen) atoms. The lowest BCUT2D eigenvalue weighted by molar-refractivity contribution is -0.144. The minimum atomic E-state index is -4.84. The van der Waals surface area contributed by atoms with Crippen LogP contribution in [0.2, 0.25) is 10.0 Å². The topological polar surface area (TPSA) is 88.6 Å². The van der Waals surface area contributed by atoms with Crippen LogP contribution in [0.3, 0.4) is 0 Å². The number of methoxy groups -OCH3 is 1. The van der Waals surface area contributed by atoms with Gasteiger partial charge in [-0.25, -0.2) is 9.97 Å². The summed E-state index contributed by atoms with van der Waals surface area (Å²) < 4.78 is 51.9. The molecule has 0 aliphatic carbocycles. The molecular weight excluding hydrogens is 534 g/mol. The number of carbonyl (C=O) groups is 1. The van der Waals surface area contributed by atoms with E-state index in [2.05, 4.69) is 20.6 Å². The van der Waals surface area contributed by atoms with Crippen molar-refractivity contribution in [2.45, 2.75) is 50.6 Å². The normalized spacial score (nSPS) is 21.2. The molecule has 0 spiro atoms. The SMILES string of the molecule is COC1COCCC1NC1CCN(C(=O)c2nc(C(F)(F)F)nc(Nc3ccc(Cl)c(Cl)c3)c2C)CC1. The van der Waals surface area contributed by atoms with Gasteiger partial charge in [0.25, 0.3) is 5.91 Å². The first kappa shape index (κ1) is 27.8. The Balaban J connectivity index is 1.50. The van der Waals surface area contributed by atoms with Gasteiger partial charge in [0.1, 0.15) is 11.5 Å². The van der Waals surface area contributed by atoms with E-state index in [-0.39, 0.29) is 40.3 Å². The number of rotatable bonds is 6. The maximum Gasteiger partial charge on any atom is 0.451 e. The second kappa shape index (κ2) is 11.7. The monoisotopic (exact) mass is 561 g/mol. The van der Waals surface area contributed by atoms with E-state index in [0.29, 0.717) is 49.9 Å². The third kappa shape index (κ3) is 6.64. The maximum absolute atomic E-state index is 13.6. The lowest BCUT2D eigenvalue weighted by Gasteiger charge is -2.38. The summed E-state index contributed by atoms with van der Waals surface area (Å²) in [6.45, 7) is 3.47. The van der Waals surface area contributed by atoms with Crippen molar-refractivity contribution >= 4 is 40.6 Å². The average molecular weight is 562 g/mol. The number of nitrogens with one attached hydrogen (secondary N) is 2. The molecule has 2 N–H and O–H groups in total. The number of nitrogens with zero attached hydrogens (tertiary/aromatic N) is 3. The van der Waals surface area contributed by atoms with Crippen LogP contribution >= 0.6 is 23.2 Å². The number of carbonyl (C=O) groups excluding carboxylic acids is 1. The predicted molar refractivity (Wildman–Crippen MR) is 134 cm³/mol. The summed E-state index contributed by atoms with van der Waals surface area (Å²) in [4.78, 5) is 22.2. The number of alkyl halides is 3. The van der Waals surface area contributed by atoms with Crippen molar-refractivity contribution in [3.63, 3.8) is 0 Å². The number of ether oxygens (including phenoxy) is 2. The third-order valence-electron chi connectivity index (χ3n) is 6.62. The summed E-state index contributed by atoms with van der Waals surface area (Å²) in [5, 5.41) is 6.93. The van der Waals surface area contributed by atoms with E-state index in [1.165, 1.54) is 24.0 Å². The van der Waals surface area contributed by atoms with Gasteiger partial charge < -0.3 is 25.0 Å². The Bertz CT molecular complexity index is 1130. The largest absolute Gasteiger partial charge is 0.451 e. The highest BCUT2D eigenvalue weighted by molar-refractivity contribution is 6.42. The second-order valence-corrected chi connectivity index (χ2v) is 9.91. The van der Waals surface area contributed by atoms with Gasteiger partial charge in [0, 0.05) is 50.1 Å². The predicted octanol–water partition coefficient (Wildman–Crippen LogP) is 4.85. The van der Waals surface area contributed by atoms with Gasteiger partial charge in [-0.15, -0.1) is 0 Å². The Hall–Kier alpha value is -2.18. The highest BCUT2D eigenvalue weighted by Gasteiger charge is 2.38. The quantitative estimate of drug-likeness (QED) is 0.521. The summed E-state index contributed by atoms with van der Waals surface area (Å²) in [7, 11) is 1.65. The number of aromatic nitrogens is 2. The molecule has 2 aliphatic heterocycles. The van der Waals surface area contributed by atoms with Crippen LogP contribution in [0.4, 0.5) is 24.7 Å². The minimum Gasteiger partial charge on any atom is -0.379 e. The van der Waals surface area contributed by atoms with E-state index in [1.807, 2.05) is 0 Å². The molecule has 0 saturated carbocycles. The van der Waals surface area contributed by atoms with Gasteiger partial charge in [-0.1, -0.05) is 23.2 Å². The fraction of sp³-hybridized carbons (Fsp3) is 0.542. The van der Waals surface area contributed by atoms with E-state index in [4.69, 9.17) is 32.7 Å². The van der Waals surface area contributed by atoms with E-state index in [1.54, 1.807) is 13.2 Å². The molecule has 202 valence electrons. The van der Waals surface area contributed by atoms with Gasteiger partial charge in [-0.2, -0.15) is 13.2 Å². The van der Waals surface area contributed by atoms with Crippen molar-refractivity contribution in [3.8, 4) is 0 Å². The zero-order valence-corrected chi connectivity index (χ0v) is 21.9. The number of likely N-dealkylation sites (tertiary alicyclic amines) is 1. The fourth-order valence-electron chi connectivity index (χ4n) is 4.52. The van der Waals surface area contributed by atoms with Crippen molar-refractivity contribution in [1.82, 2.24) is 20.2 Å². The number of anilines is 2. The van der Waals surface area contributed by atoms with Gasteiger partial charge in [-0.3, -0.25) is 4.79 Å². The molecule has 2 aromatic rings. The molecule has 0 radical (unpaired) electrons. The highest BCUT2D eigenvalue weighted by atomic mass is 35.5. The first-order valence-electron chi connectivity index (χ1n) is 11.9. The number of amides is 1. The molecule has 13 heteroatoms. The molecule has 2 fully saturated rings. The number of hydrogen-bond acceptors (Lipinski definition) is 7. The molecule has 4 rings (SSSR count). The molecule has 1 aromatic carbocycles. The Labute approximate surface area is 222 Å². The Kier molecular flexibility index (Phi) is 8.80. The molecule has 2 atom stereocenters. The van der Waals surface area contributed by atoms with Crippen molar-refractivity contribution in [3.05, 3.63) is 45.3 Å². The van der Waals surface area contributed by atoms with E-state index in [0.717, 1.165) is 6.42 Å². The van der Waals surface area contributed by atoms with Gasteiger partial charge in [0.15, 0.2) is 0 Å². The van der Waals surface area contributed by atoms with Crippen LogP contribution in [0.5, 0.6) is 0 Å². The van der Waals surface area contributed by atoms with Crippen LogP contribution < -0.4 is 10.6 Å². The Morgan fingerprint density at radius 1 is 1.16 bits per heavy atom. The van der Waals surface area contributed by atoms with Gasteiger partial charge in [0.2, 0.25) is 5.82 Å². The lowest BCUT2D eigenvalue weighted by atomic mass is 9.99. The fourth-order valence-corrected chi connectivity index (χ4v) is 4.82. The Morgan fingerprint density at radius 2 is 1.89 bits per heavy atom. The van der Waals surface area contributed by atoms with Crippen molar-refractivity contribution in [1.29, 1.82) is 0 Å². The highest BCUT2D eigenvalue weighted by Crippen LogP contribution is 2.32. The van der Waals surface area contributed by atoms with Gasteiger partial charge in [-0.05, 0) is 44.4 Å². The van der Waals surface area contributed by atoms with Crippen LogP contribution in [-0.4, -0.2) is 72.4 Å². The third-order valence-corrected chi connectivity index (χ3v) is 7.36. The van der Waals surface area contributed by atoms with E-state index in [9.17, 15) is 18.0 Å². The molecule has 2 aliphatic rings. The summed E-state index contributed by atoms with van der Waals surface area (Å²) in [5.41, 5.74) is 0.284. The summed E-state index contributed by atoms with van der Waals surface area (Å²) in [5.74, 6) is -2.10. The second-order valence-electron chi connectivity index (χ2n) is 9.10. The molecule has 8 nitrogen and oxygen atoms in total. The van der Waals surface area contributed by atoms with Crippen LogP contribution in [0.25, 0.3) is 0 Å². The average Bonchev–Trinajstić information content (AvgIpc) is 2.87. The van der Waals surface area contributed by atoms with Crippen LogP contribution in [0.15, 0.2) is 18.2 Å². The summed E-state index contributed by atoms with van der Waals surface area (Å²) in [6, 6.07) is 4.83. The zero-order valence-electron chi connectivity index (χ0n) is 20.4. The maximum atomic E-state index is 13.6. The van der Waals surface area contributed by atoms with E-state index >= 15 is 0 Å². The van der Waals surface area contributed by atoms with Crippen LogP contribution in [0.1, 0.15) is 41.1 Å². The van der Waals surface area contributed by atoms with E-state index < -0.39 is 17.9 Å². The minimum absolute atomic E-state index is 0.0423. The number of halogens is 5. The van der Waals surface area contributed by atoms with Crippen molar-refractivity contribution < 1.29 is 27.4 Å². The number of piperidine rings is 1. The van der Waals surface area contributed by atoms with Crippen LogP contribution in [-0.2, 0) is 15.7 Å².